The number of carbonyl (C=O) groups is 4. The number of rotatable bonds is 10. The van der Waals surface area contributed by atoms with Crippen LogP contribution in [0.5, 0.6) is 0 Å². The molecule has 1 fully saturated rings. The van der Waals surface area contributed by atoms with Gasteiger partial charge in [0.05, 0.1) is 28.1 Å². The predicted octanol–water partition coefficient (Wildman–Crippen LogP) is 5.56. The fourth-order valence-corrected chi connectivity index (χ4v) is 5.41. The van der Waals surface area contributed by atoms with Gasteiger partial charge in [0, 0.05) is 24.1 Å². The maximum atomic E-state index is 13.5. The first kappa shape index (κ1) is 31.4. The largest absolute Gasteiger partial charge is 0.467 e. The molecule has 1 atom stereocenters. The second kappa shape index (κ2) is 13.5. The molecule has 3 rings (SSSR count). The van der Waals surface area contributed by atoms with Crippen LogP contribution in [-0.4, -0.2) is 43.4 Å². The van der Waals surface area contributed by atoms with E-state index < -0.39 is 28.7 Å². The summed E-state index contributed by atoms with van der Waals surface area (Å²) < 4.78 is 4.99. The molecule has 2 aromatic rings. The van der Waals surface area contributed by atoms with E-state index in [2.05, 4.69) is 16.0 Å². The second-order valence-corrected chi connectivity index (χ2v) is 12.1. The lowest BCUT2D eigenvalue weighted by Crippen LogP contribution is -2.50. The van der Waals surface area contributed by atoms with E-state index in [1.54, 1.807) is 42.5 Å². The minimum atomic E-state index is -0.887. The van der Waals surface area contributed by atoms with E-state index in [1.807, 2.05) is 20.8 Å². The van der Waals surface area contributed by atoms with Crippen LogP contribution in [0.3, 0.4) is 0 Å². The van der Waals surface area contributed by atoms with Gasteiger partial charge in [-0.15, -0.1) is 0 Å². The van der Waals surface area contributed by atoms with Gasteiger partial charge in [-0.25, -0.2) is 4.79 Å². The van der Waals surface area contributed by atoms with E-state index in [-0.39, 0.29) is 33.8 Å². The number of hydrogen-bond donors (Lipinski definition) is 3. The van der Waals surface area contributed by atoms with Crippen LogP contribution in [0.25, 0.3) is 0 Å². The van der Waals surface area contributed by atoms with E-state index in [4.69, 9.17) is 27.9 Å². The summed E-state index contributed by atoms with van der Waals surface area (Å²) in [5.74, 6) is -1.26. The Bertz CT molecular complexity index is 1210. The highest BCUT2D eigenvalue weighted by atomic mass is 35.5. The molecule has 0 bridgehead atoms. The molecular formula is C30H37Cl2N3O5. The van der Waals surface area contributed by atoms with Crippen LogP contribution in [0.15, 0.2) is 42.5 Å². The Hall–Kier alpha value is -3.10. The molecule has 1 aliphatic rings. The lowest BCUT2D eigenvalue weighted by molar-refractivity contribution is -0.146. The summed E-state index contributed by atoms with van der Waals surface area (Å²) in [6.45, 7) is 5.92. The van der Waals surface area contributed by atoms with Crippen molar-refractivity contribution in [2.24, 2.45) is 10.8 Å². The highest BCUT2D eigenvalue weighted by molar-refractivity contribution is 6.40. The van der Waals surface area contributed by atoms with Crippen molar-refractivity contribution in [1.29, 1.82) is 0 Å². The predicted molar refractivity (Wildman–Crippen MR) is 156 cm³/mol. The number of methoxy groups -OCH3 is 1. The smallest absolute Gasteiger partial charge is 0.328 e. The van der Waals surface area contributed by atoms with Gasteiger partial charge in [0.2, 0.25) is 11.8 Å². The third-order valence-electron chi connectivity index (χ3n) is 7.25. The number of benzene rings is 2. The van der Waals surface area contributed by atoms with Crippen molar-refractivity contribution in [3.05, 3.63) is 63.6 Å². The fourth-order valence-electron chi connectivity index (χ4n) is 4.84. The van der Waals surface area contributed by atoms with Gasteiger partial charge in [0.1, 0.15) is 6.04 Å². The first-order valence-corrected chi connectivity index (χ1v) is 14.1. The second-order valence-electron chi connectivity index (χ2n) is 11.2. The topological polar surface area (TPSA) is 114 Å². The summed E-state index contributed by atoms with van der Waals surface area (Å²) in [7, 11) is 1.29. The van der Waals surface area contributed by atoms with Crippen molar-refractivity contribution in [3.63, 3.8) is 0 Å². The SMILES string of the molecule is COC(=O)C(Cc1ccc(NC(=O)c2c(Cl)cccc2Cl)cc1)NC(=O)C1(CCNC(=O)C(C)(C)C)CCCC1. The zero-order chi connectivity index (χ0) is 29.5. The highest BCUT2D eigenvalue weighted by Crippen LogP contribution is 2.41. The Morgan fingerprint density at radius 1 is 0.975 bits per heavy atom. The van der Waals surface area contributed by atoms with Gasteiger partial charge in [0.25, 0.3) is 5.91 Å². The Kier molecular flexibility index (Phi) is 10.6. The van der Waals surface area contributed by atoms with Gasteiger partial charge in [-0.1, -0.05) is 75.0 Å². The summed E-state index contributed by atoms with van der Waals surface area (Å²) in [6.07, 6.45) is 3.92. The lowest BCUT2D eigenvalue weighted by Gasteiger charge is -2.30. The average Bonchev–Trinajstić information content (AvgIpc) is 3.38. The molecule has 1 aliphatic carbocycles. The molecule has 0 aliphatic heterocycles. The fraction of sp³-hybridized carbons (Fsp3) is 0.467. The third-order valence-corrected chi connectivity index (χ3v) is 7.88. The Morgan fingerprint density at radius 2 is 1.57 bits per heavy atom. The minimum absolute atomic E-state index is 0.0666. The molecule has 0 saturated heterocycles. The molecule has 10 heteroatoms. The maximum Gasteiger partial charge on any atom is 0.328 e. The monoisotopic (exact) mass is 589 g/mol. The molecule has 216 valence electrons. The molecule has 1 saturated carbocycles. The first-order chi connectivity index (χ1) is 18.9. The van der Waals surface area contributed by atoms with E-state index in [1.165, 1.54) is 7.11 Å². The zero-order valence-corrected chi connectivity index (χ0v) is 24.9. The average molecular weight is 591 g/mol. The molecule has 0 heterocycles. The van der Waals surface area contributed by atoms with Crippen LogP contribution in [0.2, 0.25) is 10.0 Å². The van der Waals surface area contributed by atoms with Crippen molar-refractivity contribution in [2.45, 2.75) is 65.3 Å². The van der Waals surface area contributed by atoms with E-state index in [0.29, 0.717) is 31.5 Å². The van der Waals surface area contributed by atoms with Gasteiger partial charge in [0.15, 0.2) is 0 Å². The number of carbonyl (C=O) groups excluding carboxylic acids is 4. The molecule has 1 unspecified atom stereocenters. The van der Waals surface area contributed by atoms with E-state index in [0.717, 1.165) is 18.4 Å². The Morgan fingerprint density at radius 3 is 2.12 bits per heavy atom. The van der Waals surface area contributed by atoms with E-state index >= 15 is 0 Å². The number of anilines is 1. The number of halogens is 2. The summed E-state index contributed by atoms with van der Waals surface area (Å²) >= 11 is 12.3. The van der Waals surface area contributed by atoms with Crippen molar-refractivity contribution in [2.75, 3.05) is 19.0 Å². The molecule has 0 aromatic heterocycles. The van der Waals surface area contributed by atoms with Gasteiger partial charge in [-0.3, -0.25) is 14.4 Å². The minimum Gasteiger partial charge on any atom is -0.467 e. The molecule has 0 radical (unpaired) electrons. The molecule has 0 spiro atoms. The van der Waals surface area contributed by atoms with Gasteiger partial charge >= 0.3 is 5.97 Å². The number of nitrogens with one attached hydrogen (secondary N) is 3. The van der Waals surface area contributed by atoms with Crippen LogP contribution < -0.4 is 16.0 Å². The zero-order valence-electron chi connectivity index (χ0n) is 23.4. The number of ether oxygens (including phenoxy) is 1. The van der Waals surface area contributed by atoms with E-state index in [9.17, 15) is 19.2 Å². The quantitative estimate of drug-likeness (QED) is 0.314. The molecule has 8 nitrogen and oxygen atoms in total. The van der Waals surface area contributed by atoms with Gasteiger partial charge in [-0.05, 0) is 49.1 Å². The molecular weight excluding hydrogens is 553 g/mol. The van der Waals surface area contributed by atoms with Crippen LogP contribution in [0.4, 0.5) is 5.69 Å². The van der Waals surface area contributed by atoms with Crippen LogP contribution in [-0.2, 0) is 25.5 Å². The van der Waals surface area contributed by atoms with Gasteiger partial charge in [-0.2, -0.15) is 0 Å². The Balaban J connectivity index is 1.66. The highest BCUT2D eigenvalue weighted by Gasteiger charge is 2.42. The maximum absolute atomic E-state index is 13.5. The lowest BCUT2D eigenvalue weighted by atomic mass is 9.81. The van der Waals surface area contributed by atoms with Crippen molar-refractivity contribution in [3.8, 4) is 0 Å². The summed E-state index contributed by atoms with van der Waals surface area (Å²) in [4.78, 5) is 51.1. The normalized spacial score (nSPS) is 15.2. The van der Waals surface area contributed by atoms with Gasteiger partial charge < -0.3 is 20.7 Å². The molecule has 3 amide bonds. The van der Waals surface area contributed by atoms with Crippen molar-refractivity contribution in [1.82, 2.24) is 10.6 Å². The number of hydrogen-bond acceptors (Lipinski definition) is 5. The number of amides is 3. The van der Waals surface area contributed by atoms with Crippen LogP contribution in [0.1, 0.15) is 68.8 Å². The van der Waals surface area contributed by atoms with Crippen molar-refractivity contribution >= 4 is 52.6 Å². The van der Waals surface area contributed by atoms with Crippen LogP contribution >= 0.6 is 23.2 Å². The molecule has 2 aromatic carbocycles. The summed E-state index contributed by atoms with van der Waals surface area (Å²) in [5, 5.41) is 9.12. The standard InChI is InChI=1S/C30H37Cl2N3O5/c1-29(2,3)27(38)33-17-16-30(14-5-6-15-30)28(39)35-23(26(37)40-4)18-19-10-12-20(13-11-19)34-25(36)24-21(31)8-7-9-22(24)32/h7-13,23H,5-6,14-18H2,1-4H3,(H,33,38)(H,34,36)(H,35,39). The molecule has 3 N–H and O–H groups in total. The van der Waals surface area contributed by atoms with Crippen molar-refractivity contribution < 1.29 is 23.9 Å². The van der Waals surface area contributed by atoms with Crippen LogP contribution in [0, 0.1) is 10.8 Å². The first-order valence-electron chi connectivity index (χ1n) is 13.4. The Labute approximate surface area is 245 Å². The third kappa shape index (κ3) is 7.98. The number of esters is 1. The molecule has 40 heavy (non-hydrogen) atoms. The summed E-state index contributed by atoms with van der Waals surface area (Å²) in [6, 6.07) is 10.9. The summed E-state index contributed by atoms with van der Waals surface area (Å²) in [5.41, 5.74) is 0.308.